The molecule has 0 bridgehead atoms. The van der Waals surface area contributed by atoms with Gasteiger partial charge in [-0.2, -0.15) is 0 Å². The first-order valence-corrected chi connectivity index (χ1v) is 23.3. The fraction of sp³-hybridized carbons (Fsp3) is 0.349. The molecule has 0 spiro atoms. The van der Waals surface area contributed by atoms with Crippen molar-refractivity contribution in [2.45, 2.75) is 19.3 Å². The number of anilines is 2. The first kappa shape index (κ1) is 42.5. The molecule has 2 N–H and O–H groups in total. The maximum Gasteiger partial charge on any atom is 0.147 e. The molecule has 2 fully saturated rings. The molecule has 2 saturated heterocycles. The molecular formula is C43H46Br5FN6O2. The molecule has 2 aliphatic rings. The molecule has 6 aromatic rings. The van der Waals surface area contributed by atoms with Crippen LogP contribution in [0, 0.1) is 5.82 Å². The summed E-state index contributed by atoms with van der Waals surface area (Å²) >= 11 is 17.3. The summed E-state index contributed by atoms with van der Waals surface area (Å²) in [6.45, 7) is 12.0. The number of ether oxygens (including phenoxy) is 2. The molecule has 0 saturated carbocycles. The van der Waals surface area contributed by atoms with E-state index < -0.39 is 0 Å². The topological polar surface area (TPSA) is 63.0 Å². The zero-order valence-electron chi connectivity index (χ0n) is 31.6. The third-order valence-corrected chi connectivity index (χ3v) is 13.3. The Morgan fingerprint density at radius 2 is 0.965 bits per heavy atom. The second-order valence-corrected chi connectivity index (χ2v) is 18.6. The van der Waals surface area contributed by atoms with Gasteiger partial charge in [-0.05, 0) is 150 Å². The summed E-state index contributed by atoms with van der Waals surface area (Å²) in [5.41, 5.74) is 5.07. The van der Waals surface area contributed by atoms with Crippen molar-refractivity contribution in [2.75, 3.05) is 88.5 Å². The number of hydrogen-bond acceptors (Lipinski definition) is 6. The monoisotopic (exact) mass is 1090 g/mol. The van der Waals surface area contributed by atoms with Gasteiger partial charge in [0, 0.05) is 109 Å². The number of fused-ring (bicyclic) bond motifs is 2. The minimum absolute atomic E-state index is 0.289. The summed E-state index contributed by atoms with van der Waals surface area (Å²) in [6.07, 6.45) is 7.10. The van der Waals surface area contributed by atoms with Crippen LogP contribution in [0.3, 0.4) is 0 Å². The first-order valence-electron chi connectivity index (χ1n) is 19.3. The van der Waals surface area contributed by atoms with Crippen LogP contribution in [0.25, 0.3) is 21.8 Å². The van der Waals surface area contributed by atoms with Crippen LogP contribution in [0.2, 0.25) is 0 Å². The lowest BCUT2D eigenvalue weighted by atomic mass is 10.1. The number of hydrogen-bond donors (Lipinski definition) is 2. The van der Waals surface area contributed by atoms with Crippen molar-refractivity contribution in [3.63, 3.8) is 0 Å². The van der Waals surface area contributed by atoms with Crippen LogP contribution in [-0.4, -0.2) is 98.4 Å². The predicted molar refractivity (Wildman–Crippen MR) is 250 cm³/mol. The van der Waals surface area contributed by atoms with Gasteiger partial charge < -0.3 is 29.2 Å². The average Bonchev–Trinajstić information content (AvgIpc) is 3.89. The van der Waals surface area contributed by atoms with Gasteiger partial charge in [0.25, 0.3) is 0 Å². The van der Waals surface area contributed by atoms with E-state index >= 15 is 0 Å². The number of benzene rings is 4. The molecule has 14 heteroatoms. The van der Waals surface area contributed by atoms with Crippen molar-refractivity contribution in [1.82, 2.24) is 19.8 Å². The molecule has 302 valence electrons. The minimum atomic E-state index is -0.289. The Balaban J connectivity index is 0.000000174. The summed E-state index contributed by atoms with van der Waals surface area (Å²) in [7, 11) is 0. The van der Waals surface area contributed by atoms with Crippen LogP contribution in [0.1, 0.15) is 19.3 Å². The van der Waals surface area contributed by atoms with Gasteiger partial charge in [0.15, 0.2) is 0 Å². The summed E-state index contributed by atoms with van der Waals surface area (Å²) in [6, 6.07) is 24.2. The number of piperazine rings is 2. The van der Waals surface area contributed by atoms with Crippen molar-refractivity contribution in [3.05, 3.63) is 113 Å². The number of halogens is 6. The Hall–Kier alpha value is -2.59. The number of aromatic nitrogens is 2. The number of aromatic amines is 2. The number of rotatable bonds is 13. The van der Waals surface area contributed by atoms with Crippen LogP contribution in [0.5, 0.6) is 11.5 Å². The molecule has 57 heavy (non-hydrogen) atoms. The molecule has 4 aromatic carbocycles. The number of nitrogens with one attached hydrogen (secondary N) is 2. The molecule has 4 heterocycles. The second kappa shape index (κ2) is 20.6. The Morgan fingerprint density at radius 1 is 0.526 bits per heavy atom. The van der Waals surface area contributed by atoms with E-state index in [2.05, 4.69) is 158 Å². The molecule has 8 rings (SSSR count). The van der Waals surface area contributed by atoms with Gasteiger partial charge in [0.05, 0.1) is 31.1 Å². The highest BCUT2D eigenvalue weighted by Gasteiger charge is 2.20. The van der Waals surface area contributed by atoms with E-state index in [1.54, 1.807) is 0 Å². The van der Waals surface area contributed by atoms with Crippen LogP contribution in [0.15, 0.2) is 108 Å². The molecule has 8 nitrogen and oxygen atoms in total. The quantitative estimate of drug-likeness (QED) is 0.112. The fourth-order valence-corrected chi connectivity index (χ4v) is 11.4. The maximum absolute atomic E-state index is 13.3. The van der Waals surface area contributed by atoms with Crippen molar-refractivity contribution in [1.29, 1.82) is 0 Å². The second-order valence-electron chi connectivity index (χ2n) is 14.2. The summed E-state index contributed by atoms with van der Waals surface area (Å²) in [5, 5.41) is 2.62. The van der Waals surface area contributed by atoms with E-state index in [-0.39, 0.29) is 5.82 Å². The van der Waals surface area contributed by atoms with Gasteiger partial charge >= 0.3 is 0 Å². The van der Waals surface area contributed by atoms with E-state index in [9.17, 15) is 4.39 Å². The van der Waals surface area contributed by atoms with E-state index in [4.69, 9.17) is 9.47 Å². The largest absolute Gasteiger partial charge is 0.491 e. The Labute approximate surface area is 376 Å². The first-order chi connectivity index (χ1) is 27.7. The minimum Gasteiger partial charge on any atom is -0.491 e. The molecule has 0 atom stereocenters. The molecule has 2 aromatic heterocycles. The third-order valence-electron chi connectivity index (χ3n) is 10.5. The van der Waals surface area contributed by atoms with Gasteiger partial charge in [0.2, 0.25) is 0 Å². The number of nitrogens with zero attached hydrogens (tertiary/aromatic N) is 4. The van der Waals surface area contributed by atoms with Gasteiger partial charge in [-0.25, -0.2) is 4.39 Å². The molecule has 0 radical (unpaired) electrons. The van der Waals surface area contributed by atoms with Gasteiger partial charge in [-0.3, -0.25) is 9.80 Å². The lowest BCUT2D eigenvalue weighted by molar-refractivity contribution is 0.224. The molecular weight excluding hydrogens is 1050 g/mol. The van der Waals surface area contributed by atoms with Crippen LogP contribution >= 0.6 is 79.6 Å². The lowest BCUT2D eigenvalue weighted by Gasteiger charge is -2.36. The predicted octanol–water partition coefficient (Wildman–Crippen LogP) is 11.9. The Kier molecular flexibility index (Phi) is 15.4. The summed E-state index contributed by atoms with van der Waals surface area (Å²) in [4.78, 5) is 16.6. The Bertz CT molecular complexity index is 2190. The number of unbranched alkanes of at least 4 members (excludes halogenated alkanes) is 1. The van der Waals surface area contributed by atoms with Crippen molar-refractivity contribution in [3.8, 4) is 11.5 Å². The highest BCUT2D eigenvalue weighted by molar-refractivity contribution is 9.12. The van der Waals surface area contributed by atoms with E-state index in [1.807, 2.05) is 24.5 Å². The number of H-pyrrole nitrogens is 2. The summed E-state index contributed by atoms with van der Waals surface area (Å²) in [5.74, 6) is 1.24. The zero-order valence-corrected chi connectivity index (χ0v) is 39.5. The third kappa shape index (κ3) is 11.2. The van der Waals surface area contributed by atoms with Crippen LogP contribution < -0.4 is 19.3 Å². The van der Waals surface area contributed by atoms with E-state index in [1.165, 1.54) is 45.3 Å². The van der Waals surface area contributed by atoms with Gasteiger partial charge in [0.1, 0.15) is 17.3 Å². The normalized spacial score (nSPS) is 15.3. The van der Waals surface area contributed by atoms with E-state index in [0.29, 0.717) is 27.9 Å². The van der Waals surface area contributed by atoms with Gasteiger partial charge in [-0.15, -0.1) is 0 Å². The van der Waals surface area contributed by atoms with Crippen molar-refractivity contribution in [2.24, 2.45) is 0 Å². The highest BCUT2D eigenvalue weighted by atomic mass is 79.9. The van der Waals surface area contributed by atoms with E-state index in [0.717, 1.165) is 104 Å². The smallest absolute Gasteiger partial charge is 0.147 e. The van der Waals surface area contributed by atoms with Gasteiger partial charge in [-0.1, -0.05) is 28.1 Å². The van der Waals surface area contributed by atoms with Crippen LogP contribution in [-0.2, 0) is 0 Å². The summed E-state index contributed by atoms with van der Waals surface area (Å²) < 4.78 is 29.4. The zero-order chi connectivity index (χ0) is 39.7. The maximum atomic E-state index is 13.3. The van der Waals surface area contributed by atoms with Crippen LogP contribution in [0.4, 0.5) is 15.8 Å². The molecule has 0 unspecified atom stereocenters. The average molecular weight is 1100 g/mol. The lowest BCUT2D eigenvalue weighted by Crippen LogP contribution is -2.46. The van der Waals surface area contributed by atoms with Crippen molar-refractivity contribution >= 4 is 113 Å². The fourth-order valence-electron chi connectivity index (χ4n) is 7.52. The Morgan fingerprint density at radius 3 is 1.46 bits per heavy atom. The SMILES string of the molecule is Brc1cc(Br)c(OCCCN2CCN(c3cccc4[nH]ccc34)CC2)c(Br)c1.Fc1cc(Br)c(OCCCCN2CCN(c3cccc4[nH]ccc34)CC2)c(Br)c1. The standard InChI is InChI=1S/C22H24Br2FN3O.C21H22Br3N3O/c23-18-14-16(25)15-19(24)22(18)29-13-2-1-8-27-9-11-28(12-10-27)21-5-3-4-20-17(21)6-7-26-20;22-15-13-17(23)21(18(24)14-15)28-12-2-7-26-8-10-27(11-9-26)20-4-1-3-19-16(20)5-6-25-19/h3-7,14-15,26H,1-2,8-13H2;1,3-6,13-14,25H,2,7-12H2. The molecule has 0 amide bonds. The highest BCUT2D eigenvalue weighted by Crippen LogP contribution is 2.37. The molecule has 2 aliphatic heterocycles. The molecule has 0 aliphatic carbocycles. The van der Waals surface area contributed by atoms with Crippen molar-refractivity contribution < 1.29 is 13.9 Å².